The van der Waals surface area contributed by atoms with Crippen molar-refractivity contribution in [2.75, 3.05) is 0 Å². The molecule has 10 heavy (non-hydrogen) atoms. The average molecular weight is 172 g/mol. The smallest absolute Gasteiger partial charge is 1.00 e. The Balaban J connectivity index is -0.0000000120. The van der Waals surface area contributed by atoms with Crippen LogP contribution in [0, 0.1) is 0 Å². The molecule has 0 nitrogen and oxygen atoms in total. The van der Waals surface area contributed by atoms with Crippen LogP contribution < -0.4 is 88.7 Å². The Labute approximate surface area is 137 Å². The zero-order valence-corrected chi connectivity index (χ0v) is 14.5. The van der Waals surface area contributed by atoms with Gasteiger partial charge in [0.25, 0.3) is 0 Å². The summed E-state index contributed by atoms with van der Waals surface area (Å²) in [6, 6.07) is 0. The van der Waals surface area contributed by atoms with Crippen LogP contribution in [0.5, 0.6) is 0 Å². The van der Waals surface area contributed by atoms with Gasteiger partial charge in [0.05, 0.1) is 0 Å². The zero-order valence-electron chi connectivity index (χ0n) is 11.5. The number of unbranched alkanes of at least 4 members (excludes halogenated alkanes) is 4. The average Bonchev–Trinajstić information content (AvgIpc) is 1.69. The van der Waals surface area contributed by atoms with Gasteiger partial charge in [-0.15, -0.1) is 0 Å². The third kappa shape index (κ3) is 22.4. The summed E-state index contributed by atoms with van der Waals surface area (Å²) >= 11 is 0. The van der Waals surface area contributed by atoms with E-state index >= 15 is 0 Å². The van der Waals surface area contributed by atoms with Gasteiger partial charge in [-0.05, 0) is 0 Å². The van der Waals surface area contributed by atoms with Gasteiger partial charge in [-0.1, -0.05) is 46.0 Å². The van der Waals surface area contributed by atoms with Gasteiger partial charge in [-0.2, -0.15) is 0 Å². The molecule has 0 atom stereocenters. The van der Waals surface area contributed by atoms with Crippen LogP contribution >= 0.6 is 0 Å². The Kier molecular flexibility index (Phi) is 52.4. The first-order valence-corrected chi connectivity index (χ1v) is 3.41. The van der Waals surface area contributed by atoms with Crippen molar-refractivity contribution in [3.63, 3.8) is 0 Å². The second kappa shape index (κ2) is 22.7. The molecule has 0 rings (SSSR count). The van der Waals surface area contributed by atoms with Crippen molar-refractivity contribution >= 4 is 0 Å². The fourth-order valence-electron chi connectivity index (χ4n) is 0.677. The molecule has 0 fully saturated rings. The van der Waals surface area contributed by atoms with E-state index in [-0.39, 0.29) is 93.0 Å². The molecule has 0 saturated carbocycles. The predicted molar refractivity (Wildman–Crippen MR) is 37.8 cm³/mol. The summed E-state index contributed by atoms with van der Waals surface area (Å²) in [5.74, 6) is 0. The molecular formula is C7H19Na3. The van der Waals surface area contributed by atoms with E-state index in [0.717, 1.165) is 0 Å². The molecule has 0 aromatic rings. The Morgan fingerprint density at radius 3 is 1.20 bits per heavy atom. The maximum absolute atomic E-state index is 2.25. The molecular weight excluding hydrogens is 153 g/mol. The van der Waals surface area contributed by atoms with Gasteiger partial charge < -0.3 is 4.28 Å². The van der Waals surface area contributed by atoms with Crippen molar-refractivity contribution in [2.24, 2.45) is 0 Å². The van der Waals surface area contributed by atoms with Crippen molar-refractivity contribution in [2.45, 2.75) is 46.0 Å². The summed E-state index contributed by atoms with van der Waals surface area (Å²) in [6.07, 6.45) is 7.01. The molecule has 0 saturated heterocycles. The van der Waals surface area contributed by atoms with E-state index < -0.39 is 0 Å². The second-order valence-corrected chi connectivity index (χ2v) is 2.06. The molecule has 0 amide bonds. The molecule has 0 aromatic heterocycles. The van der Waals surface area contributed by atoms with E-state index in [1.807, 2.05) is 0 Å². The van der Waals surface area contributed by atoms with Crippen molar-refractivity contribution < 1.29 is 93.0 Å². The first kappa shape index (κ1) is 23.1. The topological polar surface area (TPSA) is 0 Å². The largest absolute Gasteiger partial charge is 1.00 e. The molecule has 0 heterocycles. The summed E-state index contributed by atoms with van der Waals surface area (Å²) in [5, 5.41) is 0. The predicted octanol–water partition coefficient (Wildman–Crippen LogP) is -5.67. The molecule has 0 unspecified atom stereocenters. The molecule has 3 heteroatoms. The Morgan fingerprint density at radius 2 is 1.00 bits per heavy atom. The third-order valence-corrected chi connectivity index (χ3v) is 1.21. The van der Waals surface area contributed by atoms with Crippen molar-refractivity contribution in [3.05, 3.63) is 0 Å². The Morgan fingerprint density at radius 1 is 0.700 bits per heavy atom. The fourth-order valence-corrected chi connectivity index (χ4v) is 0.677. The van der Waals surface area contributed by atoms with Gasteiger partial charge in [0.2, 0.25) is 0 Å². The molecule has 0 N–H and O–H groups in total. The second-order valence-electron chi connectivity index (χ2n) is 2.06. The quantitative estimate of drug-likeness (QED) is 0.293. The molecule has 0 aromatic carbocycles. The molecule has 0 bridgehead atoms. The van der Waals surface area contributed by atoms with Crippen LogP contribution in [0.2, 0.25) is 0 Å². The Hall–Kier alpha value is 3.00. The standard InChI is InChI=1S/C7H16.3Na.3H/c1-3-5-7-6-4-2;;;;;;/h3-7H2,1-2H3;;;;;;/q;3*+1;3*-1. The van der Waals surface area contributed by atoms with Gasteiger partial charge in [0.1, 0.15) is 0 Å². The van der Waals surface area contributed by atoms with Crippen LogP contribution in [-0.4, -0.2) is 0 Å². The van der Waals surface area contributed by atoms with E-state index in [4.69, 9.17) is 0 Å². The van der Waals surface area contributed by atoms with Gasteiger partial charge in [0, 0.05) is 0 Å². The zero-order chi connectivity index (χ0) is 5.54. The van der Waals surface area contributed by atoms with Gasteiger partial charge in [-0.25, -0.2) is 0 Å². The normalized spacial score (nSPS) is 6.60. The SMILES string of the molecule is CCCCCCC.[H-].[H-].[H-].[Na+].[Na+].[Na+]. The molecule has 0 radical (unpaired) electrons. The van der Waals surface area contributed by atoms with E-state index in [1.165, 1.54) is 32.1 Å². The van der Waals surface area contributed by atoms with Crippen molar-refractivity contribution in [1.29, 1.82) is 0 Å². The first-order chi connectivity index (χ1) is 3.41. The summed E-state index contributed by atoms with van der Waals surface area (Å²) in [6.45, 7) is 4.49. The van der Waals surface area contributed by atoms with Crippen LogP contribution in [-0.2, 0) is 0 Å². The summed E-state index contributed by atoms with van der Waals surface area (Å²) in [5.41, 5.74) is 0. The molecule has 0 aliphatic heterocycles. The molecule has 0 spiro atoms. The summed E-state index contributed by atoms with van der Waals surface area (Å²) in [7, 11) is 0. The number of hydrogen-bond acceptors (Lipinski definition) is 0. The van der Waals surface area contributed by atoms with Crippen LogP contribution in [0.25, 0.3) is 0 Å². The maximum Gasteiger partial charge on any atom is 1.00 e. The summed E-state index contributed by atoms with van der Waals surface area (Å²) < 4.78 is 0. The van der Waals surface area contributed by atoms with Crippen LogP contribution in [0.1, 0.15) is 50.2 Å². The van der Waals surface area contributed by atoms with Crippen LogP contribution in [0.4, 0.5) is 0 Å². The van der Waals surface area contributed by atoms with Gasteiger partial charge in [0.15, 0.2) is 0 Å². The van der Waals surface area contributed by atoms with E-state index in [9.17, 15) is 0 Å². The van der Waals surface area contributed by atoms with Gasteiger partial charge in [-0.3, -0.25) is 0 Å². The molecule has 50 valence electrons. The minimum atomic E-state index is 0. The minimum absolute atomic E-state index is 0. The van der Waals surface area contributed by atoms with Crippen molar-refractivity contribution in [3.8, 4) is 0 Å². The number of rotatable bonds is 4. The molecule has 0 aliphatic rings. The molecule has 0 aliphatic carbocycles. The Bertz CT molecular complexity index is 38.2. The van der Waals surface area contributed by atoms with E-state index in [1.54, 1.807) is 0 Å². The first-order valence-electron chi connectivity index (χ1n) is 3.41. The number of hydrogen-bond donors (Lipinski definition) is 0. The van der Waals surface area contributed by atoms with E-state index in [0.29, 0.717) is 0 Å². The summed E-state index contributed by atoms with van der Waals surface area (Å²) in [4.78, 5) is 0. The third-order valence-electron chi connectivity index (χ3n) is 1.21. The fraction of sp³-hybridized carbons (Fsp3) is 1.00. The van der Waals surface area contributed by atoms with Gasteiger partial charge >= 0.3 is 88.7 Å². The monoisotopic (exact) mass is 172 g/mol. The maximum atomic E-state index is 2.25. The minimum Gasteiger partial charge on any atom is -1.00 e. The van der Waals surface area contributed by atoms with Crippen LogP contribution in [0.15, 0.2) is 0 Å². The van der Waals surface area contributed by atoms with Crippen molar-refractivity contribution in [1.82, 2.24) is 0 Å². The van der Waals surface area contributed by atoms with E-state index in [2.05, 4.69) is 13.8 Å². The van der Waals surface area contributed by atoms with Crippen LogP contribution in [0.3, 0.4) is 0 Å².